The van der Waals surface area contributed by atoms with Crippen molar-refractivity contribution in [1.82, 2.24) is 0 Å². The summed E-state index contributed by atoms with van der Waals surface area (Å²) in [5, 5.41) is 3.64. The van der Waals surface area contributed by atoms with Crippen molar-refractivity contribution in [1.29, 1.82) is 0 Å². The molecule has 0 amide bonds. The molecule has 0 aliphatic heterocycles. The van der Waals surface area contributed by atoms with E-state index < -0.39 is 0 Å². The van der Waals surface area contributed by atoms with Gasteiger partial charge in [-0.05, 0) is 56.4 Å². The Morgan fingerprint density at radius 1 is 1.30 bits per heavy atom. The lowest BCUT2D eigenvalue weighted by molar-refractivity contribution is 0.628. The zero-order valence-corrected chi connectivity index (χ0v) is 13.0. The zero-order valence-electron chi connectivity index (χ0n) is 11.4. The van der Waals surface area contributed by atoms with Gasteiger partial charge in [-0.1, -0.05) is 17.7 Å². The van der Waals surface area contributed by atoms with E-state index >= 15 is 0 Å². The SMILES string of the molecule is CC(Nc1c(F)cccc1Cl)c1cc2c(s1)CCCC2. The molecule has 1 unspecified atom stereocenters. The quantitative estimate of drug-likeness (QED) is 0.779. The van der Waals surface area contributed by atoms with Gasteiger partial charge in [-0.25, -0.2) is 4.39 Å². The number of benzene rings is 1. The minimum Gasteiger partial charge on any atom is -0.374 e. The van der Waals surface area contributed by atoms with E-state index in [1.807, 2.05) is 11.3 Å². The van der Waals surface area contributed by atoms with Crippen LogP contribution in [0.2, 0.25) is 5.02 Å². The minimum atomic E-state index is -0.300. The van der Waals surface area contributed by atoms with Gasteiger partial charge >= 0.3 is 0 Å². The first kappa shape index (κ1) is 13.9. The standard InChI is InChI=1S/C16H17ClFNS/c1-10(19-16-12(17)6-4-7-13(16)18)15-9-11-5-2-3-8-14(11)20-15/h4,6-7,9-10,19H,2-3,5,8H2,1H3. The molecule has 3 rings (SSSR count). The Balaban J connectivity index is 1.82. The van der Waals surface area contributed by atoms with Gasteiger partial charge < -0.3 is 5.32 Å². The number of rotatable bonds is 3. The molecule has 1 aliphatic rings. The minimum absolute atomic E-state index is 0.0694. The van der Waals surface area contributed by atoms with Crippen LogP contribution in [0, 0.1) is 5.82 Å². The summed E-state index contributed by atoms with van der Waals surface area (Å²) < 4.78 is 13.8. The van der Waals surface area contributed by atoms with E-state index in [4.69, 9.17) is 11.6 Å². The molecule has 0 saturated carbocycles. The molecule has 1 atom stereocenters. The van der Waals surface area contributed by atoms with Gasteiger partial charge in [-0.3, -0.25) is 0 Å². The van der Waals surface area contributed by atoms with Gasteiger partial charge in [0, 0.05) is 9.75 Å². The monoisotopic (exact) mass is 309 g/mol. The van der Waals surface area contributed by atoms with Gasteiger partial charge in [0.1, 0.15) is 5.82 Å². The van der Waals surface area contributed by atoms with Crippen molar-refractivity contribution in [2.24, 2.45) is 0 Å². The highest BCUT2D eigenvalue weighted by atomic mass is 35.5. The highest BCUT2D eigenvalue weighted by Gasteiger charge is 2.18. The molecule has 0 spiro atoms. The molecule has 1 heterocycles. The number of para-hydroxylation sites is 1. The lowest BCUT2D eigenvalue weighted by atomic mass is 9.99. The molecule has 20 heavy (non-hydrogen) atoms. The molecule has 106 valence electrons. The normalized spacial score (nSPS) is 15.8. The summed E-state index contributed by atoms with van der Waals surface area (Å²) in [7, 11) is 0. The predicted octanol–water partition coefficient (Wildman–Crippen LogP) is 5.59. The van der Waals surface area contributed by atoms with Gasteiger partial charge in [-0.2, -0.15) is 0 Å². The summed E-state index contributed by atoms with van der Waals surface area (Å²) in [6.07, 6.45) is 4.93. The fraction of sp³-hybridized carbons (Fsp3) is 0.375. The number of thiophene rings is 1. The van der Waals surface area contributed by atoms with E-state index in [2.05, 4.69) is 18.3 Å². The van der Waals surface area contributed by atoms with Crippen LogP contribution in [0.3, 0.4) is 0 Å². The summed E-state index contributed by atoms with van der Waals surface area (Å²) in [5.41, 5.74) is 1.87. The molecule has 1 N–H and O–H groups in total. The molecule has 1 aliphatic carbocycles. The van der Waals surface area contributed by atoms with Crippen molar-refractivity contribution in [3.8, 4) is 0 Å². The maximum atomic E-state index is 13.8. The smallest absolute Gasteiger partial charge is 0.147 e. The molecule has 0 radical (unpaired) electrons. The fourth-order valence-corrected chi connectivity index (χ4v) is 4.13. The maximum absolute atomic E-state index is 13.8. The van der Waals surface area contributed by atoms with Gasteiger partial charge in [0.2, 0.25) is 0 Å². The van der Waals surface area contributed by atoms with E-state index in [0.29, 0.717) is 10.7 Å². The van der Waals surface area contributed by atoms with Crippen LogP contribution in [0.25, 0.3) is 0 Å². The van der Waals surface area contributed by atoms with Crippen LogP contribution >= 0.6 is 22.9 Å². The summed E-state index contributed by atoms with van der Waals surface area (Å²) >= 11 is 7.91. The van der Waals surface area contributed by atoms with Crippen molar-refractivity contribution < 1.29 is 4.39 Å². The van der Waals surface area contributed by atoms with Crippen LogP contribution in [0.5, 0.6) is 0 Å². The molecule has 1 aromatic carbocycles. The molecular formula is C16H17ClFNS. The van der Waals surface area contributed by atoms with E-state index in [1.165, 1.54) is 47.1 Å². The topological polar surface area (TPSA) is 12.0 Å². The van der Waals surface area contributed by atoms with Crippen LogP contribution in [0.15, 0.2) is 24.3 Å². The fourth-order valence-electron chi connectivity index (χ4n) is 2.65. The van der Waals surface area contributed by atoms with Crippen LogP contribution in [-0.4, -0.2) is 0 Å². The Bertz CT molecular complexity index is 579. The van der Waals surface area contributed by atoms with Crippen LogP contribution < -0.4 is 5.32 Å². The van der Waals surface area contributed by atoms with E-state index in [0.717, 1.165) is 0 Å². The molecule has 0 fully saturated rings. The highest BCUT2D eigenvalue weighted by Crippen LogP contribution is 2.35. The second-order valence-electron chi connectivity index (χ2n) is 5.27. The number of halogens is 2. The Labute approximate surface area is 127 Å². The van der Waals surface area contributed by atoms with Crippen molar-refractivity contribution in [2.75, 3.05) is 5.32 Å². The second-order valence-corrected chi connectivity index (χ2v) is 6.84. The molecule has 4 heteroatoms. The maximum Gasteiger partial charge on any atom is 0.147 e. The molecule has 2 aromatic rings. The third-order valence-corrected chi connectivity index (χ3v) is 5.50. The molecule has 0 bridgehead atoms. The van der Waals surface area contributed by atoms with Crippen LogP contribution in [-0.2, 0) is 12.8 Å². The Kier molecular flexibility index (Phi) is 3.99. The molecule has 1 aromatic heterocycles. The van der Waals surface area contributed by atoms with Crippen molar-refractivity contribution >= 4 is 28.6 Å². The van der Waals surface area contributed by atoms with Gasteiger partial charge in [0.25, 0.3) is 0 Å². The molecule has 0 saturated heterocycles. The van der Waals surface area contributed by atoms with E-state index in [-0.39, 0.29) is 11.9 Å². The summed E-state index contributed by atoms with van der Waals surface area (Å²) in [6, 6.07) is 7.10. The lowest BCUT2D eigenvalue weighted by Crippen LogP contribution is -2.07. The summed E-state index contributed by atoms with van der Waals surface area (Å²) in [5.74, 6) is -0.300. The Morgan fingerprint density at radius 2 is 2.10 bits per heavy atom. The Hall–Kier alpha value is -1.06. The Morgan fingerprint density at radius 3 is 2.85 bits per heavy atom. The number of nitrogens with one attached hydrogen (secondary N) is 1. The van der Waals surface area contributed by atoms with Crippen molar-refractivity contribution in [3.63, 3.8) is 0 Å². The van der Waals surface area contributed by atoms with Crippen molar-refractivity contribution in [3.05, 3.63) is 50.4 Å². The van der Waals surface area contributed by atoms with E-state index in [1.54, 1.807) is 12.1 Å². The first-order chi connectivity index (χ1) is 9.65. The average Bonchev–Trinajstić information content (AvgIpc) is 2.87. The zero-order chi connectivity index (χ0) is 14.1. The van der Waals surface area contributed by atoms with Crippen LogP contribution in [0.1, 0.15) is 41.1 Å². The second kappa shape index (κ2) is 5.74. The lowest BCUT2D eigenvalue weighted by Gasteiger charge is -2.15. The number of hydrogen-bond donors (Lipinski definition) is 1. The number of anilines is 1. The van der Waals surface area contributed by atoms with Crippen LogP contribution in [0.4, 0.5) is 10.1 Å². The number of hydrogen-bond acceptors (Lipinski definition) is 2. The highest BCUT2D eigenvalue weighted by molar-refractivity contribution is 7.12. The third-order valence-electron chi connectivity index (χ3n) is 3.77. The summed E-state index contributed by atoms with van der Waals surface area (Å²) in [6.45, 7) is 2.06. The largest absolute Gasteiger partial charge is 0.374 e. The molecule has 1 nitrogen and oxygen atoms in total. The first-order valence-electron chi connectivity index (χ1n) is 6.97. The summed E-state index contributed by atoms with van der Waals surface area (Å²) in [4.78, 5) is 2.76. The van der Waals surface area contributed by atoms with Gasteiger partial charge in [0.05, 0.1) is 16.8 Å². The van der Waals surface area contributed by atoms with Crippen molar-refractivity contribution in [2.45, 2.75) is 38.6 Å². The van der Waals surface area contributed by atoms with Gasteiger partial charge in [0.15, 0.2) is 0 Å². The number of aryl methyl sites for hydroxylation is 2. The molecular weight excluding hydrogens is 293 g/mol. The van der Waals surface area contributed by atoms with Gasteiger partial charge in [-0.15, -0.1) is 11.3 Å². The number of fused-ring (bicyclic) bond motifs is 1. The predicted molar refractivity (Wildman–Crippen MR) is 84.4 cm³/mol. The van der Waals surface area contributed by atoms with E-state index in [9.17, 15) is 4.39 Å². The average molecular weight is 310 g/mol. The third kappa shape index (κ3) is 2.70. The first-order valence-corrected chi connectivity index (χ1v) is 8.16.